The molecule has 0 amide bonds. The van der Waals surface area contributed by atoms with Crippen molar-refractivity contribution in [3.05, 3.63) is 35.9 Å². The highest BCUT2D eigenvalue weighted by Crippen LogP contribution is 2.22. The molecule has 0 aliphatic rings. The SMILES string of the molecule is C#CC(C#C)(OC)c1ccccc1. The van der Waals surface area contributed by atoms with Crippen molar-refractivity contribution in [3.8, 4) is 24.7 Å². The van der Waals surface area contributed by atoms with E-state index in [0.29, 0.717) is 0 Å². The highest BCUT2D eigenvalue weighted by molar-refractivity contribution is 5.39. The smallest absolute Gasteiger partial charge is 0.215 e. The molecule has 1 heteroatoms. The van der Waals surface area contributed by atoms with Crippen LogP contribution in [-0.2, 0) is 10.3 Å². The first-order valence-corrected chi connectivity index (χ1v) is 3.85. The number of hydrogen-bond donors (Lipinski definition) is 0. The molecule has 1 nitrogen and oxygen atoms in total. The van der Waals surface area contributed by atoms with Crippen molar-refractivity contribution in [1.82, 2.24) is 0 Å². The van der Waals surface area contributed by atoms with E-state index in [4.69, 9.17) is 17.6 Å². The summed E-state index contributed by atoms with van der Waals surface area (Å²) in [6, 6.07) is 9.35. The van der Waals surface area contributed by atoms with Crippen LogP contribution < -0.4 is 0 Å². The highest BCUT2D eigenvalue weighted by atomic mass is 16.5. The molecule has 0 N–H and O–H groups in total. The topological polar surface area (TPSA) is 9.23 Å². The molecule has 0 aromatic heterocycles. The van der Waals surface area contributed by atoms with Crippen molar-refractivity contribution >= 4 is 0 Å². The monoisotopic (exact) mass is 170 g/mol. The Labute approximate surface area is 78.7 Å². The molecule has 0 heterocycles. The normalized spacial score (nSPS) is 10.1. The molecular formula is C12H10O. The fourth-order valence-electron chi connectivity index (χ4n) is 1.12. The summed E-state index contributed by atoms with van der Waals surface area (Å²) in [6.45, 7) is 0. The molecule has 0 bridgehead atoms. The molecule has 0 unspecified atom stereocenters. The molecule has 0 saturated heterocycles. The summed E-state index contributed by atoms with van der Waals surface area (Å²) in [4.78, 5) is 0. The van der Waals surface area contributed by atoms with Gasteiger partial charge in [0.1, 0.15) is 0 Å². The molecular weight excluding hydrogens is 160 g/mol. The standard InChI is InChI=1S/C12H10O/c1-4-12(5-2,13-3)11-9-7-6-8-10-11/h1-2,6-10H,3H3. The Bertz CT molecular complexity index is 337. The lowest BCUT2D eigenvalue weighted by atomic mass is 9.95. The summed E-state index contributed by atoms with van der Waals surface area (Å²) in [6.07, 6.45) is 10.7. The highest BCUT2D eigenvalue weighted by Gasteiger charge is 2.26. The van der Waals surface area contributed by atoms with Gasteiger partial charge < -0.3 is 4.74 Å². The van der Waals surface area contributed by atoms with E-state index in [2.05, 4.69) is 11.8 Å². The summed E-state index contributed by atoms with van der Waals surface area (Å²) in [5.41, 5.74) is -0.219. The zero-order valence-corrected chi connectivity index (χ0v) is 7.45. The lowest BCUT2D eigenvalue weighted by Gasteiger charge is -2.20. The first kappa shape index (κ1) is 9.39. The molecule has 0 spiro atoms. The van der Waals surface area contributed by atoms with Gasteiger partial charge >= 0.3 is 0 Å². The molecule has 0 aliphatic carbocycles. The van der Waals surface area contributed by atoms with E-state index in [1.807, 2.05) is 30.3 Å². The second kappa shape index (κ2) is 3.81. The summed E-state index contributed by atoms with van der Waals surface area (Å²) in [5, 5.41) is 0. The van der Waals surface area contributed by atoms with E-state index in [1.54, 1.807) is 0 Å². The Balaban J connectivity index is 3.21. The van der Waals surface area contributed by atoms with Crippen LogP contribution in [0.3, 0.4) is 0 Å². The summed E-state index contributed by atoms with van der Waals surface area (Å²) >= 11 is 0. The van der Waals surface area contributed by atoms with Crippen molar-refractivity contribution in [1.29, 1.82) is 0 Å². The van der Waals surface area contributed by atoms with Crippen LogP contribution in [0.2, 0.25) is 0 Å². The average molecular weight is 170 g/mol. The Morgan fingerprint density at radius 1 is 1.15 bits per heavy atom. The number of hydrogen-bond acceptors (Lipinski definition) is 1. The van der Waals surface area contributed by atoms with Gasteiger partial charge in [0.05, 0.1) is 0 Å². The van der Waals surface area contributed by atoms with Gasteiger partial charge in [0.25, 0.3) is 0 Å². The van der Waals surface area contributed by atoms with Crippen LogP contribution in [-0.4, -0.2) is 7.11 Å². The molecule has 13 heavy (non-hydrogen) atoms. The van der Waals surface area contributed by atoms with Gasteiger partial charge in [0, 0.05) is 12.7 Å². The third kappa shape index (κ3) is 1.56. The van der Waals surface area contributed by atoms with Crippen LogP contribution in [0.5, 0.6) is 0 Å². The van der Waals surface area contributed by atoms with Crippen LogP contribution in [0.25, 0.3) is 0 Å². The Kier molecular flexibility index (Phi) is 2.75. The predicted molar refractivity (Wildman–Crippen MR) is 52.8 cm³/mol. The van der Waals surface area contributed by atoms with Crippen molar-refractivity contribution in [2.75, 3.05) is 7.11 Å². The zero-order chi connectivity index (χ0) is 9.73. The van der Waals surface area contributed by atoms with Gasteiger partial charge in [-0.3, -0.25) is 0 Å². The lowest BCUT2D eigenvalue weighted by Crippen LogP contribution is -2.23. The molecule has 1 aromatic rings. The third-order valence-electron chi connectivity index (χ3n) is 1.89. The number of terminal acetylenes is 2. The fourth-order valence-corrected chi connectivity index (χ4v) is 1.12. The maximum absolute atomic E-state index is 5.34. The number of ether oxygens (including phenoxy) is 1. The molecule has 0 fully saturated rings. The Morgan fingerprint density at radius 3 is 2.08 bits per heavy atom. The molecule has 0 saturated carbocycles. The van der Waals surface area contributed by atoms with Crippen LogP contribution in [0.15, 0.2) is 30.3 Å². The fraction of sp³-hybridized carbons (Fsp3) is 0.167. The first-order valence-electron chi connectivity index (χ1n) is 3.85. The van der Waals surface area contributed by atoms with Crippen LogP contribution in [0.4, 0.5) is 0 Å². The number of benzene rings is 1. The van der Waals surface area contributed by atoms with Gasteiger partial charge in [0.15, 0.2) is 0 Å². The lowest BCUT2D eigenvalue weighted by molar-refractivity contribution is 0.0901. The van der Waals surface area contributed by atoms with E-state index < -0.39 is 5.60 Å². The van der Waals surface area contributed by atoms with E-state index >= 15 is 0 Å². The van der Waals surface area contributed by atoms with Crippen molar-refractivity contribution in [2.24, 2.45) is 0 Å². The van der Waals surface area contributed by atoms with Gasteiger partial charge in [-0.1, -0.05) is 42.2 Å². The maximum atomic E-state index is 5.34. The van der Waals surface area contributed by atoms with Crippen molar-refractivity contribution < 1.29 is 4.74 Å². The zero-order valence-electron chi connectivity index (χ0n) is 7.45. The molecule has 1 aromatic carbocycles. The van der Waals surface area contributed by atoms with Crippen LogP contribution >= 0.6 is 0 Å². The van der Waals surface area contributed by atoms with Crippen LogP contribution in [0.1, 0.15) is 5.56 Å². The largest absolute Gasteiger partial charge is 0.351 e. The second-order valence-electron chi connectivity index (χ2n) is 2.54. The summed E-state index contributed by atoms with van der Waals surface area (Å²) in [5.74, 6) is 4.95. The number of methoxy groups -OCH3 is 1. The molecule has 0 atom stereocenters. The minimum absolute atomic E-state index is 0.808. The van der Waals surface area contributed by atoms with E-state index in [1.165, 1.54) is 7.11 Å². The second-order valence-corrected chi connectivity index (χ2v) is 2.54. The minimum Gasteiger partial charge on any atom is -0.351 e. The third-order valence-corrected chi connectivity index (χ3v) is 1.89. The summed E-state index contributed by atoms with van der Waals surface area (Å²) < 4.78 is 5.15. The van der Waals surface area contributed by atoms with Gasteiger partial charge in [-0.15, -0.1) is 12.8 Å². The predicted octanol–water partition coefficient (Wildman–Crippen LogP) is 1.79. The van der Waals surface area contributed by atoms with Crippen LogP contribution in [0, 0.1) is 24.7 Å². The average Bonchev–Trinajstić information content (AvgIpc) is 2.23. The first-order chi connectivity index (χ1) is 6.29. The van der Waals surface area contributed by atoms with E-state index in [9.17, 15) is 0 Å². The van der Waals surface area contributed by atoms with Gasteiger partial charge in [-0.2, -0.15) is 0 Å². The Morgan fingerprint density at radius 2 is 1.69 bits per heavy atom. The van der Waals surface area contributed by atoms with E-state index in [0.717, 1.165) is 5.56 Å². The molecule has 64 valence electrons. The molecule has 0 aliphatic heterocycles. The van der Waals surface area contributed by atoms with Crippen molar-refractivity contribution in [3.63, 3.8) is 0 Å². The van der Waals surface area contributed by atoms with E-state index in [-0.39, 0.29) is 0 Å². The van der Waals surface area contributed by atoms with Crippen molar-refractivity contribution in [2.45, 2.75) is 5.60 Å². The molecule has 1 rings (SSSR count). The van der Waals surface area contributed by atoms with Gasteiger partial charge in [-0.05, 0) is 0 Å². The minimum atomic E-state index is -1.03. The Hall–Kier alpha value is -1.70. The number of rotatable bonds is 2. The maximum Gasteiger partial charge on any atom is 0.215 e. The quantitative estimate of drug-likeness (QED) is 0.615. The summed E-state index contributed by atoms with van der Waals surface area (Å²) in [7, 11) is 1.51. The molecule has 0 radical (unpaired) electrons. The van der Waals surface area contributed by atoms with Gasteiger partial charge in [-0.25, -0.2) is 0 Å². The van der Waals surface area contributed by atoms with Gasteiger partial charge in [0.2, 0.25) is 5.60 Å².